The van der Waals surface area contributed by atoms with Crippen LogP contribution >= 0.6 is 0 Å². The van der Waals surface area contributed by atoms with Crippen molar-refractivity contribution in [1.82, 2.24) is 9.55 Å². The van der Waals surface area contributed by atoms with Crippen LogP contribution in [-0.2, 0) is 7.05 Å². The second-order valence-corrected chi connectivity index (χ2v) is 4.48. The lowest BCUT2D eigenvalue weighted by Crippen LogP contribution is -1.98. The zero-order chi connectivity index (χ0) is 14.0. The number of carbonyl (C=O) groups excluding carboxylic acids is 1. The van der Waals surface area contributed by atoms with E-state index in [9.17, 15) is 4.79 Å². The van der Waals surface area contributed by atoms with E-state index in [1.807, 2.05) is 46.0 Å². The molecule has 100 valence electrons. The van der Waals surface area contributed by atoms with E-state index in [1.165, 1.54) is 0 Å². The molecule has 0 N–H and O–H groups in total. The molecule has 0 aliphatic rings. The van der Waals surface area contributed by atoms with E-state index in [4.69, 9.17) is 4.74 Å². The van der Waals surface area contributed by atoms with Gasteiger partial charge in [0, 0.05) is 12.6 Å². The van der Waals surface area contributed by atoms with Gasteiger partial charge in [0.15, 0.2) is 6.29 Å². The summed E-state index contributed by atoms with van der Waals surface area (Å²) in [5, 5.41) is 0. The predicted octanol–water partition coefficient (Wildman–Crippen LogP) is 2.92. The summed E-state index contributed by atoms with van der Waals surface area (Å²) in [7, 11) is 1.84. The summed E-state index contributed by atoms with van der Waals surface area (Å²) in [6.45, 7) is 6.48. The van der Waals surface area contributed by atoms with Gasteiger partial charge in [0.25, 0.3) is 0 Å². The van der Waals surface area contributed by atoms with Crippen LogP contribution in [0.2, 0.25) is 0 Å². The summed E-state index contributed by atoms with van der Waals surface area (Å²) in [6.07, 6.45) is 0.848. The molecule has 4 nitrogen and oxygen atoms in total. The fourth-order valence-corrected chi connectivity index (χ4v) is 2.09. The average Bonchev–Trinajstić information content (AvgIpc) is 2.68. The van der Waals surface area contributed by atoms with Crippen LogP contribution < -0.4 is 4.74 Å². The zero-order valence-electron chi connectivity index (χ0n) is 11.7. The minimum Gasteiger partial charge on any atom is -0.494 e. The molecule has 2 aromatic rings. The number of aryl methyl sites for hydroxylation is 2. The van der Waals surface area contributed by atoms with E-state index in [2.05, 4.69) is 4.98 Å². The molecule has 1 aromatic heterocycles. The maximum Gasteiger partial charge on any atom is 0.168 e. The molecule has 0 saturated heterocycles. The molecule has 0 amide bonds. The van der Waals surface area contributed by atoms with Crippen LogP contribution in [0, 0.1) is 13.8 Å². The van der Waals surface area contributed by atoms with Crippen LogP contribution in [0.5, 0.6) is 5.75 Å². The number of hydrogen-bond donors (Lipinski definition) is 0. The molecule has 0 fully saturated rings. The summed E-state index contributed by atoms with van der Waals surface area (Å²) in [4.78, 5) is 15.7. The minimum atomic E-state index is 0.598. The van der Waals surface area contributed by atoms with E-state index in [1.54, 1.807) is 4.57 Å². The molecular weight excluding hydrogens is 240 g/mol. The van der Waals surface area contributed by atoms with Crippen LogP contribution in [0.25, 0.3) is 11.3 Å². The van der Waals surface area contributed by atoms with E-state index in [0.717, 1.165) is 34.7 Å². The van der Waals surface area contributed by atoms with Crippen LogP contribution in [-0.4, -0.2) is 22.4 Å². The zero-order valence-corrected chi connectivity index (χ0v) is 11.7. The maximum atomic E-state index is 11.2. The average molecular weight is 258 g/mol. The van der Waals surface area contributed by atoms with Crippen molar-refractivity contribution < 1.29 is 9.53 Å². The Morgan fingerprint density at radius 3 is 2.68 bits per heavy atom. The van der Waals surface area contributed by atoms with Gasteiger partial charge in [-0.25, -0.2) is 4.98 Å². The predicted molar refractivity (Wildman–Crippen MR) is 74.7 cm³/mol. The van der Waals surface area contributed by atoms with E-state index >= 15 is 0 Å². The highest BCUT2D eigenvalue weighted by atomic mass is 16.5. The first-order chi connectivity index (χ1) is 9.08. The fraction of sp³-hybridized carbons (Fsp3) is 0.333. The number of carbonyl (C=O) groups is 1. The Labute approximate surface area is 113 Å². The standard InChI is InChI=1S/C15H18N2O2/c1-5-19-14-7-6-12(8-10(14)2)15-13(9-18)17(4)11(3)16-15/h6-9H,5H2,1-4H3. The van der Waals surface area contributed by atoms with Crippen molar-refractivity contribution in [3.63, 3.8) is 0 Å². The highest BCUT2D eigenvalue weighted by Crippen LogP contribution is 2.27. The summed E-state index contributed by atoms with van der Waals surface area (Å²) in [5.41, 5.74) is 3.30. The largest absolute Gasteiger partial charge is 0.494 e. The molecule has 4 heteroatoms. The van der Waals surface area contributed by atoms with Crippen molar-refractivity contribution in [1.29, 1.82) is 0 Å². The lowest BCUT2D eigenvalue weighted by Gasteiger charge is -2.08. The lowest BCUT2D eigenvalue weighted by atomic mass is 10.1. The Morgan fingerprint density at radius 2 is 2.11 bits per heavy atom. The number of aldehydes is 1. The van der Waals surface area contributed by atoms with Crippen molar-refractivity contribution in [2.45, 2.75) is 20.8 Å². The SMILES string of the molecule is CCOc1ccc(-c2nc(C)n(C)c2C=O)cc1C. The van der Waals surface area contributed by atoms with Gasteiger partial charge in [0.05, 0.1) is 12.3 Å². The van der Waals surface area contributed by atoms with Gasteiger partial charge in [-0.3, -0.25) is 4.79 Å². The maximum absolute atomic E-state index is 11.2. The third-order valence-corrected chi connectivity index (χ3v) is 3.22. The van der Waals surface area contributed by atoms with Gasteiger partial charge < -0.3 is 9.30 Å². The van der Waals surface area contributed by atoms with E-state index < -0.39 is 0 Å². The first-order valence-corrected chi connectivity index (χ1v) is 6.30. The Bertz CT molecular complexity index is 615. The topological polar surface area (TPSA) is 44.1 Å². The number of nitrogens with zero attached hydrogens (tertiary/aromatic N) is 2. The first kappa shape index (κ1) is 13.3. The second kappa shape index (κ2) is 5.26. The summed E-state index contributed by atoms with van der Waals surface area (Å²) < 4.78 is 7.32. The van der Waals surface area contributed by atoms with Crippen molar-refractivity contribution >= 4 is 6.29 Å². The van der Waals surface area contributed by atoms with Gasteiger partial charge in [-0.05, 0) is 44.5 Å². The lowest BCUT2D eigenvalue weighted by molar-refractivity contribution is 0.111. The molecule has 0 bridgehead atoms. The highest BCUT2D eigenvalue weighted by Gasteiger charge is 2.14. The van der Waals surface area contributed by atoms with E-state index in [0.29, 0.717) is 12.3 Å². The second-order valence-electron chi connectivity index (χ2n) is 4.48. The molecule has 2 rings (SSSR count). The summed E-state index contributed by atoms with van der Waals surface area (Å²) in [5.74, 6) is 1.69. The Kier molecular flexibility index (Phi) is 3.69. The van der Waals surface area contributed by atoms with Gasteiger partial charge in [0.2, 0.25) is 0 Å². The quantitative estimate of drug-likeness (QED) is 0.792. The smallest absolute Gasteiger partial charge is 0.168 e. The number of imidazole rings is 1. The fourth-order valence-electron chi connectivity index (χ4n) is 2.09. The van der Waals surface area contributed by atoms with Gasteiger partial charge in [-0.1, -0.05) is 0 Å². The Hall–Kier alpha value is -2.10. The van der Waals surface area contributed by atoms with Gasteiger partial charge in [0.1, 0.15) is 17.3 Å². The minimum absolute atomic E-state index is 0.598. The first-order valence-electron chi connectivity index (χ1n) is 6.30. The van der Waals surface area contributed by atoms with Crippen LogP contribution in [0.4, 0.5) is 0 Å². The molecule has 1 aromatic carbocycles. The number of rotatable bonds is 4. The van der Waals surface area contributed by atoms with Gasteiger partial charge >= 0.3 is 0 Å². The molecule has 19 heavy (non-hydrogen) atoms. The van der Waals surface area contributed by atoms with Crippen molar-refractivity contribution in [2.75, 3.05) is 6.61 Å². The van der Waals surface area contributed by atoms with Gasteiger partial charge in [-0.2, -0.15) is 0 Å². The molecule has 0 aliphatic heterocycles. The molecule has 0 spiro atoms. The van der Waals surface area contributed by atoms with Crippen molar-refractivity contribution in [3.8, 4) is 17.0 Å². The van der Waals surface area contributed by atoms with E-state index in [-0.39, 0.29) is 0 Å². The van der Waals surface area contributed by atoms with Crippen LogP contribution in [0.15, 0.2) is 18.2 Å². The van der Waals surface area contributed by atoms with Crippen LogP contribution in [0.1, 0.15) is 28.8 Å². The summed E-state index contributed by atoms with van der Waals surface area (Å²) in [6, 6.07) is 5.86. The monoisotopic (exact) mass is 258 g/mol. The molecule has 0 unspecified atom stereocenters. The Balaban J connectivity index is 2.51. The van der Waals surface area contributed by atoms with Gasteiger partial charge in [-0.15, -0.1) is 0 Å². The third kappa shape index (κ3) is 2.38. The van der Waals surface area contributed by atoms with Crippen LogP contribution in [0.3, 0.4) is 0 Å². The van der Waals surface area contributed by atoms with Crippen molar-refractivity contribution in [2.24, 2.45) is 7.05 Å². The summed E-state index contributed by atoms with van der Waals surface area (Å²) >= 11 is 0. The number of ether oxygens (including phenoxy) is 1. The van der Waals surface area contributed by atoms with Crippen molar-refractivity contribution in [3.05, 3.63) is 35.3 Å². The number of benzene rings is 1. The molecular formula is C15H18N2O2. The molecule has 0 saturated carbocycles. The molecule has 0 atom stereocenters. The third-order valence-electron chi connectivity index (χ3n) is 3.22. The number of hydrogen-bond acceptors (Lipinski definition) is 3. The normalized spacial score (nSPS) is 10.5. The molecule has 0 radical (unpaired) electrons. The molecule has 0 aliphatic carbocycles. The highest BCUT2D eigenvalue weighted by molar-refractivity contribution is 5.84. The number of aromatic nitrogens is 2. The molecule has 1 heterocycles. The Morgan fingerprint density at radius 1 is 1.37 bits per heavy atom.